The van der Waals surface area contributed by atoms with Crippen LogP contribution in [-0.2, 0) is 33.7 Å². The van der Waals surface area contributed by atoms with Gasteiger partial charge in [0.25, 0.3) is 0 Å². The van der Waals surface area contributed by atoms with Gasteiger partial charge in [-0.15, -0.1) is 0 Å². The first-order valence-electron chi connectivity index (χ1n) is 10.8. The van der Waals surface area contributed by atoms with Gasteiger partial charge in [0.2, 0.25) is 5.91 Å². The van der Waals surface area contributed by atoms with E-state index in [0.29, 0.717) is 32.6 Å². The van der Waals surface area contributed by atoms with Crippen molar-refractivity contribution in [1.29, 1.82) is 0 Å². The minimum absolute atomic E-state index is 0.156. The predicted molar refractivity (Wildman–Crippen MR) is 118 cm³/mol. The lowest BCUT2D eigenvalue weighted by molar-refractivity contribution is -0.119. The molecule has 8 nitrogen and oxygen atoms in total. The first-order valence-corrected chi connectivity index (χ1v) is 10.8. The second-order valence-electron chi connectivity index (χ2n) is 8.03. The molecule has 3 amide bonds. The number of anilines is 1. The van der Waals surface area contributed by atoms with Crippen molar-refractivity contribution >= 4 is 23.8 Å². The van der Waals surface area contributed by atoms with E-state index in [1.165, 1.54) is 6.92 Å². The molecular formula is C24H27N3O5. The van der Waals surface area contributed by atoms with Gasteiger partial charge in [0.05, 0.1) is 13.1 Å². The molecule has 2 aliphatic heterocycles. The van der Waals surface area contributed by atoms with Gasteiger partial charge in [-0.1, -0.05) is 36.4 Å². The molecule has 0 aromatic heterocycles. The molecule has 4 rings (SSSR count). The fourth-order valence-electron chi connectivity index (χ4n) is 3.97. The Bertz CT molecular complexity index is 994. The Kier molecular flexibility index (Phi) is 6.58. The highest BCUT2D eigenvalue weighted by molar-refractivity contribution is 5.90. The van der Waals surface area contributed by atoms with Gasteiger partial charge >= 0.3 is 12.2 Å². The standard InChI is InChI=1S/C24H27N3O5/c1-17(28)25-14-22-15-27(24(30)32-22)21-8-7-19-9-11-26(12-10-20(19)13-21)23(29)31-16-18-5-3-2-4-6-18/h2-8,13,22H,9-12,14-16H2,1H3,(H,25,28)/t22-/m0/s1. The molecule has 32 heavy (non-hydrogen) atoms. The van der Waals surface area contributed by atoms with Crippen molar-refractivity contribution in [3.63, 3.8) is 0 Å². The summed E-state index contributed by atoms with van der Waals surface area (Å²) in [6, 6.07) is 15.5. The maximum Gasteiger partial charge on any atom is 0.414 e. The summed E-state index contributed by atoms with van der Waals surface area (Å²) in [5.74, 6) is -0.156. The lowest BCUT2D eigenvalue weighted by Crippen LogP contribution is -2.33. The Labute approximate surface area is 187 Å². The van der Waals surface area contributed by atoms with Gasteiger partial charge in [-0.2, -0.15) is 0 Å². The van der Waals surface area contributed by atoms with Crippen LogP contribution in [0.5, 0.6) is 0 Å². The number of rotatable bonds is 5. The summed E-state index contributed by atoms with van der Waals surface area (Å²) in [4.78, 5) is 39.3. The molecular weight excluding hydrogens is 410 g/mol. The second kappa shape index (κ2) is 9.72. The van der Waals surface area contributed by atoms with Crippen LogP contribution in [0, 0.1) is 0 Å². The van der Waals surface area contributed by atoms with Crippen molar-refractivity contribution < 1.29 is 23.9 Å². The van der Waals surface area contributed by atoms with E-state index in [0.717, 1.165) is 28.8 Å². The average Bonchev–Trinajstić information content (AvgIpc) is 3.04. The van der Waals surface area contributed by atoms with E-state index in [4.69, 9.17) is 9.47 Å². The number of benzene rings is 2. The highest BCUT2D eigenvalue weighted by Crippen LogP contribution is 2.26. The number of carbonyl (C=O) groups excluding carboxylic acids is 3. The number of nitrogens with one attached hydrogen (secondary N) is 1. The lowest BCUT2D eigenvalue weighted by atomic mass is 10.0. The van der Waals surface area contributed by atoms with E-state index in [-0.39, 0.29) is 24.7 Å². The number of nitrogens with zero attached hydrogens (tertiary/aromatic N) is 2. The average molecular weight is 437 g/mol. The molecule has 0 aliphatic carbocycles. The van der Waals surface area contributed by atoms with Crippen LogP contribution in [0.2, 0.25) is 0 Å². The van der Waals surface area contributed by atoms with Gasteiger partial charge in [0.1, 0.15) is 12.7 Å². The molecule has 0 radical (unpaired) electrons. The van der Waals surface area contributed by atoms with E-state index in [2.05, 4.69) is 5.32 Å². The van der Waals surface area contributed by atoms with E-state index in [1.54, 1.807) is 9.80 Å². The monoisotopic (exact) mass is 437 g/mol. The Morgan fingerprint density at radius 2 is 1.84 bits per heavy atom. The van der Waals surface area contributed by atoms with Crippen LogP contribution in [0.25, 0.3) is 0 Å². The molecule has 0 spiro atoms. The van der Waals surface area contributed by atoms with Crippen molar-refractivity contribution in [1.82, 2.24) is 10.2 Å². The summed E-state index contributed by atoms with van der Waals surface area (Å²) >= 11 is 0. The van der Waals surface area contributed by atoms with E-state index in [9.17, 15) is 14.4 Å². The fraction of sp³-hybridized carbons (Fsp3) is 0.375. The number of ether oxygens (including phenoxy) is 2. The number of carbonyl (C=O) groups is 3. The first kappa shape index (κ1) is 21.7. The third-order valence-electron chi connectivity index (χ3n) is 5.72. The molecule has 1 N–H and O–H groups in total. The van der Waals surface area contributed by atoms with Crippen LogP contribution in [-0.4, -0.2) is 55.3 Å². The minimum Gasteiger partial charge on any atom is -0.445 e. The van der Waals surface area contributed by atoms with Crippen LogP contribution in [0.3, 0.4) is 0 Å². The van der Waals surface area contributed by atoms with E-state index >= 15 is 0 Å². The molecule has 0 bridgehead atoms. The summed E-state index contributed by atoms with van der Waals surface area (Å²) in [7, 11) is 0. The van der Waals surface area contributed by atoms with Crippen molar-refractivity contribution in [2.24, 2.45) is 0 Å². The van der Waals surface area contributed by atoms with Crippen LogP contribution >= 0.6 is 0 Å². The molecule has 2 aromatic rings. The normalized spacial score (nSPS) is 17.9. The summed E-state index contributed by atoms with van der Waals surface area (Å²) in [5, 5.41) is 2.68. The van der Waals surface area contributed by atoms with Crippen LogP contribution in [0.15, 0.2) is 48.5 Å². The topological polar surface area (TPSA) is 88.2 Å². The lowest BCUT2D eigenvalue weighted by Gasteiger charge is -2.19. The fourth-order valence-corrected chi connectivity index (χ4v) is 3.97. The Balaban J connectivity index is 1.36. The molecule has 2 aromatic carbocycles. The molecule has 1 fully saturated rings. The summed E-state index contributed by atoms with van der Waals surface area (Å²) in [5.41, 5.74) is 3.99. The van der Waals surface area contributed by atoms with Gasteiger partial charge in [0.15, 0.2) is 0 Å². The third kappa shape index (κ3) is 5.19. The van der Waals surface area contributed by atoms with E-state index < -0.39 is 6.09 Å². The first-order chi connectivity index (χ1) is 15.5. The van der Waals surface area contributed by atoms with Gasteiger partial charge in [-0.05, 0) is 41.7 Å². The zero-order valence-corrected chi connectivity index (χ0v) is 18.1. The molecule has 168 valence electrons. The predicted octanol–water partition coefficient (Wildman–Crippen LogP) is 2.89. The number of hydrogen-bond acceptors (Lipinski definition) is 5. The van der Waals surface area contributed by atoms with Crippen molar-refractivity contribution in [2.75, 3.05) is 31.1 Å². The van der Waals surface area contributed by atoms with Gasteiger partial charge < -0.3 is 19.7 Å². The van der Waals surface area contributed by atoms with Crippen LogP contribution in [0.4, 0.5) is 15.3 Å². The minimum atomic E-state index is -0.417. The summed E-state index contributed by atoms with van der Waals surface area (Å²) < 4.78 is 10.8. The molecule has 1 saturated heterocycles. The highest BCUT2D eigenvalue weighted by atomic mass is 16.6. The van der Waals surface area contributed by atoms with Gasteiger partial charge in [-0.25, -0.2) is 9.59 Å². The number of cyclic esters (lactones) is 1. The maximum absolute atomic E-state index is 12.5. The third-order valence-corrected chi connectivity index (χ3v) is 5.72. The van der Waals surface area contributed by atoms with Crippen molar-refractivity contribution in [3.8, 4) is 0 Å². The number of fused-ring (bicyclic) bond motifs is 1. The zero-order chi connectivity index (χ0) is 22.5. The quantitative estimate of drug-likeness (QED) is 0.777. The summed E-state index contributed by atoms with van der Waals surface area (Å²) in [6.45, 7) is 3.51. The Morgan fingerprint density at radius 1 is 1.09 bits per heavy atom. The zero-order valence-electron chi connectivity index (χ0n) is 18.1. The molecule has 8 heteroatoms. The number of hydrogen-bond donors (Lipinski definition) is 1. The molecule has 2 aliphatic rings. The van der Waals surface area contributed by atoms with Crippen LogP contribution < -0.4 is 10.2 Å². The number of amides is 3. The largest absolute Gasteiger partial charge is 0.445 e. The van der Waals surface area contributed by atoms with E-state index in [1.807, 2.05) is 48.5 Å². The molecule has 0 unspecified atom stereocenters. The molecule has 1 atom stereocenters. The smallest absolute Gasteiger partial charge is 0.414 e. The Hall–Kier alpha value is -3.55. The van der Waals surface area contributed by atoms with Crippen LogP contribution in [0.1, 0.15) is 23.6 Å². The maximum atomic E-state index is 12.5. The van der Waals surface area contributed by atoms with Crippen molar-refractivity contribution in [2.45, 2.75) is 32.5 Å². The summed E-state index contributed by atoms with van der Waals surface area (Å²) in [6.07, 6.45) is 0.305. The molecule has 0 saturated carbocycles. The molecule has 2 heterocycles. The van der Waals surface area contributed by atoms with Gasteiger partial charge in [0, 0.05) is 25.7 Å². The highest BCUT2D eigenvalue weighted by Gasteiger charge is 2.33. The second-order valence-corrected chi connectivity index (χ2v) is 8.03. The van der Waals surface area contributed by atoms with Crippen molar-refractivity contribution in [3.05, 3.63) is 65.2 Å². The van der Waals surface area contributed by atoms with Gasteiger partial charge in [-0.3, -0.25) is 9.69 Å². The SMILES string of the molecule is CC(=O)NC[C@H]1CN(c2ccc3c(c2)CCN(C(=O)OCc2ccccc2)CC3)C(=O)O1. The Morgan fingerprint density at radius 3 is 2.59 bits per heavy atom.